The number of halogens is 2. The van der Waals surface area contributed by atoms with Crippen LogP contribution in [0, 0.1) is 18.2 Å². The van der Waals surface area contributed by atoms with E-state index in [9.17, 15) is 19.1 Å². The van der Waals surface area contributed by atoms with Gasteiger partial charge >= 0.3 is 0 Å². The lowest BCUT2D eigenvalue weighted by atomic mass is 9.70. The van der Waals surface area contributed by atoms with E-state index in [1.165, 1.54) is 10.6 Å². The molecule has 4 N–H and O–H groups in total. The molecule has 1 fully saturated rings. The van der Waals surface area contributed by atoms with E-state index in [2.05, 4.69) is 10.3 Å². The number of carbonyl (C=O) groups excluding carboxylic acids is 1. The Morgan fingerprint density at radius 3 is 2.70 bits per heavy atom. The van der Waals surface area contributed by atoms with Crippen LogP contribution in [0.4, 0.5) is 4.39 Å². The fraction of sp³-hybridized carbons (Fsp3) is 0.476. The summed E-state index contributed by atoms with van der Waals surface area (Å²) in [4.78, 5) is 30.0. The van der Waals surface area contributed by atoms with Crippen LogP contribution in [0.5, 0.6) is 5.75 Å². The number of nitrogens with two attached hydrogens (primary N) is 1. The molecular formula is C21H24ClFN4O3. The number of alkyl halides is 1. The second kappa shape index (κ2) is 7.35. The van der Waals surface area contributed by atoms with Crippen molar-refractivity contribution in [2.45, 2.75) is 51.2 Å². The van der Waals surface area contributed by atoms with Gasteiger partial charge in [-0.25, -0.2) is 9.37 Å². The maximum Gasteiger partial charge on any atom is 0.296 e. The van der Waals surface area contributed by atoms with E-state index in [1.54, 1.807) is 19.1 Å². The standard InChI is InChI=1S/C21H24ClFN4O3/c1-12-8-13(2-3-14(12)23)9-25-17(29)15-16(28)18(30)27-11-20(10-22)4-6-21(24,7-5-20)19(27)26-15/h2-3,8,28H,4-7,9-11,24H2,1H3,(H,25,29). The normalized spacial score (nSPS) is 24.9. The molecule has 0 saturated heterocycles. The van der Waals surface area contributed by atoms with Gasteiger partial charge in [0.05, 0.1) is 5.54 Å². The summed E-state index contributed by atoms with van der Waals surface area (Å²) < 4.78 is 14.8. The number of nitrogens with zero attached hydrogens (tertiary/aromatic N) is 2. The zero-order valence-electron chi connectivity index (χ0n) is 16.7. The van der Waals surface area contributed by atoms with Crippen molar-refractivity contribution in [3.05, 3.63) is 57.0 Å². The van der Waals surface area contributed by atoms with Crippen LogP contribution < -0.4 is 16.6 Å². The van der Waals surface area contributed by atoms with E-state index in [0.29, 0.717) is 42.2 Å². The first-order valence-electron chi connectivity index (χ1n) is 9.90. The average Bonchev–Trinajstić information content (AvgIpc) is 2.94. The van der Waals surface area contributed by atoms with Crippen molar-refractivity contribution >= 4 is 17.5 Å². The van der Waals surface area contributed by atoms with Gasteiger partial charge in [0, 0.05) is 24.4 Å². The minimum atomic E-state index is -0.845. The molecule has 1 aromatic carbocycles. The third-order valence-electron chi connectivity index (χ3n) is 6.46. The number of rotatable bonds is 4. The van der Waals surface area contributed by atoms with Crippen molar-refractivity contribution in [3.63, 3.8) is 0 Å². The largest absolute Gasteiger partial charge is 0.501 e. The molecule has 5 rings (SSSR count). The summed E-state index contributed by atoms with van der Waals surface area (Å²) in [5, 5.41) is 13.1. The summed E-state index contributed by atoms with van der Waals surface area (Å²) in [5.41, 5.74) is 5.59. The first-order chi connectivity index (χ1) is 14.2. The molecule has 2 aromatic rings. The molecule has 3 aliphatic rings. The van der Waals surface area contributed by atoms with Crippen LogP contribution in [0.25, 0.3) is 0 Å². The maximum atomic E-state index is 13.4. The zero-order valence-corrected chi connectivity index (χ0v) is 17.4. The summed E-state index contributed by atoms with van der Waals surface area (Å²) in [5.74, 6) is -1.03. The number of hydrogen-bond donors (Lipinski definition) is 3. The number of amides is 1. The van der Waals surface area contributed by atoms with E-state index in [0.717, 1.165) is 12.8 Å². The summed E-state index contributed by atoms with van der Waals surface area (Å²) in [6, 6.07) is 4.50. The number of hydrogen-bond acceptors (Lipinski definition) is 5. The Morgan fingerprint density at radius 2 is 2.07 bits per heavy atom. The number of nitrogens with one attached hydrogen (secondary N) is 1. The van der Waals surface area contributed by atoms with Crippen molar-refractivity contribution < 1.29 is 14.3 Å². The molecule has 1 saturated carbocycles. The summed E-state index contributed by atoms with van der Waals surface area (Å²) >= 11 is 6.21. The second-order valence-electron chi connectivity index (χ2n) is 8.58. The molecule has 2 bridgehead atoms. The molecule has 1 aliphatic carbocycles. The Balaban J connectivity index is 1.67. The molecule has 0 radical (unpaired) electrons. The number of aromatic nitrogens is 2. The van der Waals surface area contributed by atoms with Crippen LogP contribution in [-0.2, 0) is 18.6 Å². The Hall–Kier alpha value is -2.45. The SMILES string of the molecule is Cc1cc(CNC(=O)c2nc3n(c(=O)c2O)CC2(CCl)CCC3(N)CC2)ccc1F. The predicted molar refractivity (Wildman–Crippen MR) is 110 cm³/mol. The maximum absolute atomic E-state index is 13.4. The third kappa shape index (κ3) is 3.37. The van der Waals surface area contributed by atoms with Gasteiger partial charge < -0.3 is 16.2 Å². The highest BCUT2D eigenvalue weighted by Gasteiger charge is 2.48. The Bertz CT molecular complexity index is 1080. The van der Waals surface area contributed by atoms with Crippen LogP contribution in [-0.4, -0.2) is 26.4 Å². The Kier molecular flexibility index (Phi) is 5.10. The lowest BCUT2D eigenvalue weighted by Crippen LogP contribution is -2.44. The van der Waals surface area contributed by atoms with Crippen molar-refractivity contribution in [2.75, 3.05) is 5.88 Å². The second-order valence-corrected chi connectivity index (χ2v) is 8.85. The first-order valence-corrected chi connectivity index (χ1v) is 10.4. The minimum Gasteiger partial charge on any atom is -0.501 e. The smallest absolute Gasteiger partial charge is 0.296 e. The first kappa shape index (κ1) is 20.8. The monoisotopic (exact) mass is 434 g/mol. The summed E-state index contributed by atoms with van der Waals surface area (Å²) in [7, 11) is 0. The highest BCUT2D eigenvalue weighted by Crippen LogP contribution is 2.48. The molecule has 1 amide bonds. The van der Waals surface area contributed by atoms with Crippen molar-refractivity contribution in [1.82, 2.24) is 14.9 Å². The molecule has 9 heteroatoms. The third-order valence-corrected chi connectivity index (χ3v) is 7.03. The topological polar surface area (TPSA) is 110 Å². The van der Waals surface area contributed by atoms with Crippen LogP contribution in [0.1, 0.15) is 53.1 Å². The highest BCUT2D eigenvalue weighted by molar-refractivity contribution is 6.18. The minimum absolute atomic E-state index is 0.0998. The van der Waals surface area contributed by atoms with Gasteiger partial charge in [-0.15, -0.1) is 11.6 Å². The molecule has 7 nitrogen and oxygen atoms in total. The molecule has 0 atom stereocenters. The van der Waals surface area contributed by atoms with Crippen molar-refractivity contribution in [2.24, 2.45) is 11.1 Å². The molecule has 0 unspecified atom stereocenters. The average molecular weight is 435 g/mol. The van der Waals surface area contributed by atoms with Gasteiger partial charge in [-0.2, -0.15) is 0 Å². The predicted octanol–water partition coefficient (Wildman–Crippen LogP) is 2.29. The molecule has 2 aliphatic heterocycles. The number of carbonyl (C=O) groups is 1. The van der Waals surface area contributed by atoms with E-state index in [-0.39, 0.29) is 23.5 Å². The van der Waals surface area contributed by atoms with E-state index >= 15 is 0 Å². The van der Waals surface area contributed by atoms with Crippen molar-refractivity contribution in [3.8, 4) is 5.75 Å². The quantitative estimate of drug-likeness (QED) is 0.639. The Morgan fingerprint density at radius 1 is 1.37 bits per heavy atom. The number of aryl methyl sites for hydroxylation is 1. The van der Waals surface area contributed by atoms with Gasteiger partial charge in [0.15, 0.2) is 5.69 Å². The van der Waals surface area contributed by atoms with Gasteiger partial charge in [0.2, 0.25) is 5.75 Å². The fourth-order valence-electron chi connectivity index (χ4n) is 4.43. The number of aromatic hydroxyl groups is 1. The van der Waals surface area contributed by atoms with E-state index < -0.39 is 22.8 Å². The van der Waals surface area contributed by atoms with Gasteiger partial charge in [0.25, 0.3) is 11.5 Å². The lowest BCUT2D eigenvalue weighted by Gasteiger charge is -2.38. The van der Waals surface area contributed by atoms with Crippen molar-refractivity contribution in [1.29, 1.82) is 0 Å². The molecule has 160 valence electrons. The van der Waals surface area contributed by atoms with Gasteiger partial charge in [-0.3, -0.25) is 14.2 Å². The number of benzene rings is 1. The zero-order chi connectivity index (χ0) is 21.7. The van der Waals surface area contributed by atoms with Crippen LogP contribution in [0.15, 0.2) is 23.0 Å². The van der Waals surface area contributed by atoms with Gasteiger partial charge in [0.1, 0.15) is 11.6 Å². The van der Waals surface area contributed by atoms with Gasteiger partial charge in [-0.05, 0) is 49.8 Å². The molecular weight excluding hydrogens is 411 g/mol. The number of fused-ring (bicyclic) bond motifs is 2. The lowest BCUT2D eigenvalue weighted by molar-refractivity contribution is 0.0941. The highest BCUT2D eigenvalue weighted by atomic mass is 35.5. The summed E-state index contributed by atoms with van der Waals surface area (Å²) in [6.07, 6.45) is 2.71. The van der Waals surface area contributed by atoms with Crippen LogP contribution in [0.2, 0.25) is 0 Å². The van der Waals surface area contributed by atoms with Crippen LogP contribution in [0.3, 0.4) is 0 Å². The van der Waals surface area contributed by atoms with Gasteiger partial charge in [-0.1, -0.05) is 12.1 Å². The van der Waals surface area contributed by atoms with Crippen LogP contribution >= 0.6 is 11.6 Å². The molecule has 0 spiro atoms. The fourth-order valence-corrected chi connectivity index (χ4v) is 4.78. The molecule has 3 heterocycles. The molecule has 1 aromatic heterocycles. The van der Waals surface area contributed by atoms with E-state index in [4.69, 9.17) is 17.3 Å². The van der Waals surface area contributed by atoms with E-state index in [1.807, 2.05) is 0 Å². The summed E-state index contributed by atoms with van der Waals surface area (Å²) in [6.45, 7) is 2.05. The molecule has 30 heavy (non-hydrogen) atoms. The Labute approximate surface area is 178 Å².